The lowest BCUT2D eigenvalue weighted by atomic mass is 10.1. The fraction of sp³-hybridized carbons (Fsp3) is 0.167. The van der Waals surface area contributed by atoms with E-state index < -0.39 is 0 Å². The van der Waals surface area contributed by atoms with Crippen molar-refractivity contribution in [1.82, 2.24) is 14.9 Å². The van der Waals surface area contributed by atoms with E-state index in [9.17, 15) is 4.79 Å². The molecule has 0 fully saturated rings. The number of nitrogens with one attached hydrogen (secondary N) is 2. The van der Waals surface area contributed by atoms with Gasteiger partial charge in [0.2, 0.25) is 0 Å². The van der Waals surface area contributed by atoms with Crippen molar-refractivity contribution in [3.05, 3.63) is 57.9 Å². The highest BCUT2D eigenvalue weighted by Crippen LogP contribution is 2.30. The molecular weight excluding hydrogens is 372 g/mol. The van der Waals surface area contributed by atoms with Crippen LogP contribution in [0.25, 0.3) is 11.3 Å². The lowest BCUT2D eigenvalue weighted by Gasteiger charge is -2.10. The van der Waals surface area contributed by atoms with Crippen molar-refractivity contribution in [2.75, 3.05) is 18.5 Å². The smallest absolute Gasteiger partial charge is 0.255 e. The van der Waals surface area contributed by atoms with Crippen LogP contribution in [-0.4, -0.2) is 28.6 Å². The third kappa shape index (κ3) is 3.55. The van der Waals surface area contributed by atoms with Crippen LogP contribution in [0.2, 0.25) is 4.34 Å². The van der Waals surface area contributed by atoms with E-state index in [1.54, 1.807) is 12.1 Å². The summed E-state index contributed by atoms with van der Waals surface area (Å²) >= 11 is 7.22. The highest BCUT2D eigenvalue weighted by Gasteiger charge is 2.14. The van der Waals surface area contributed by atoms with E-state index in [0.29, 0.717) is 27.9 Å². The van der Waals surface area contributed by atoms with Gasteiger partial charge in [-0.1, -0.05) is 34.3 Å². The lowest BCUT2D eigenvalue weighted by molar-refractivity contribution is 0.102. The number of amides is 1. The molecule has 1 amide bonds. The van der Waals surface area contributed by atoms with Crippen molar-refractivity contribution in [3.63, 3.8) is 0 Å². The Morgan fingerprint density at radius 1 is 1.27 bits per heavy atom. The minimum absolute atomic E-state index is 0.201. The normalized spacial score (nSPS) is 13.4. The molecule has 0 bridgehead atoms. The first-order chi connectivity index (χ1) is 12.7. The number of anilines is 1. The Morgan fingerprint density at radius 3 is 3.04 bits per heavy atom. The third-order valence-corrected chi connectivity index (χ3v) is 4.93. The highest BCUT2D eigenvalue weighted by atomic mass is 35.5. The molecule has 6 nitrogen and oxygen atoms in total. The molecule has 2 heterocycles. The van der Waals surface area contributed by atoms with E-state index in [1.807, 2.05) is 30.3 Å². The number of halogens is 1. The number of fused-ring (bicyclic) bond motifs is 1. The van der Waals surface area contributed by atoms with Gasteiger partial charge in [0, 0.05) is 47.0 Å². The van der Waals surface area contributed by atoms with Gasteiger partial charge in [-0.3, -0.25) is 4.79 Å². The first kappa shape index (κ1) is 17.0. The molecule has 0 unspecified atom stereocenters. The standard InChI is InChI=1S/C18H15ClN4O2S/c19-17-16(22-23-26-17)11-2-1-3-14(8-11)21-18(24)12-4-5-13-10-20-6-7-25-15(13)9-12/h1-5,8-9,20H,6-7,10H2,(H,21,24). The molecule has 0 saturated heterocycles. The third-order valence-electron chi connectivity index (χ3n) is 4.02. The van der Waals surface area contributed by atoms with Gasteiger partial charge in [-0.2, -0.15) is 0 Å². The number of rotatable bonds is 3. The van der Waals surface area contributed by atoms with E-state index in [0.717, 1.165) is 41.5 Å². The molecule has 0 saturated carbocycles. The summed E-state index contributed by atoms with van der Waals surface area (Å²) in [6, 6.07) is 12.9. The Balaban J connectivity index is 1.55. The van der Waals surface area contributed by atoms with Crippen LogP contribution in [0.1, 0.15) is 15.9 Å². The quantitative estimate of drug-likeness (QED) is 0.719. The van der Waals surface area contributed by atoms with Crippen LogP contribution in [0, 0.1) is 0 Å². The van der Waals surface area contributed by atoms with E-state index in [2.05, 4.69) is 20.2 Å². The number of benzene rings is 2. The van der Waals surface area contributed by atoms with Crippen LogP contribution in [0.5, 0.6) is 5.75 Å². The van der Waals surface area contributed by atoms with Crippen molar-refractivity contribution in [2.45, 2.75) is 6.54 Å². The molecule has 0 aliphatic carbocycles. The number of ether oxygens (including phenoxy) is 1. The Labute approximate surface area is 159 Å². The average Bonchev–Trinajstić information content (AvgIpc) is 2.94. The van der Waals surface area contributed by atoms with Gasteiger partial charge in [-0.25, -0.2) is 0 Å². The van der Waals surface area contributed by atoms with Crippen molar-refractivity contribution in [2.24, 2.45) is 0 Å². The number of carbonyl (C=O) groups is 1. The summed E-state index contributed by atoms with van der Waals surface area (Å²) in [6.45, 7) is 2.11. The zero-order chi connectivity index (χ0) is 17.9. The topological polar surface area (TPSA) is 76.1 Å². The summed E-state index contributed by atoms with van der Waals surface area (Å²) in [5.41, 5.74) is 3.67. The van der Waals surface area contributed by atoms with Crippen molar-refractivity contribution >= 4 is 34.7 Å². The van der Waals surface area contributed by atoms with Gasteiger partial charge in [0.25, 0.3) is 5.91 Å². The summed E-state index contributed by atoms with van der Waals surface area (Å²) < 4.78 is 10.1. The molecule has 4 rings (SSSR count). The van der Waals surface area contributed by atoms with Crippen molar-refractivity contribution < 1.29 is 9.53 Å². The summed E-state index contributed by atoms with van der Waals surface area (Å²) in [4.78, 5) is 12.6. The number of nitrogens with zero attached hydrogens (tertiary/aromatic N) is 2. The average molecular weight is 387 g/mol. The minimum atomic E-state index is -0.201. The predicted octanol–water partition coefficient (Wildman–Crippen LogP) is 3.59. The summed E-state index contributed by atoms with van der Waals surface area (Å²) in [7, 11) is 0. The Bertz CT molecular complexity index is 960. The molecule has 0 atom stereocenters. The Kier molecular flexibility index (Phi) is 4.83. The second-order valence-electron chi connectivity index (χ2n) is 5.78. The van der Waals surface area contributed by atoms with Gasteiger partial charge in [0.05, 0.1) is 0 Å². The molecule has 1 aliphatic heterocycles. The number of carbonyl (C=O) groups excluding carboxylic acids is 1. The maximum Gasteiger partial charge on any atom is 0.255 e. The van der Waals surface area contributed by atoms with Crippen LogP contribution in [0.15, 0.2) is 42.5 Å². The van der Waals surface area contributed by atoms with Gasteiger partial charge in [0.15, 0.2) is 0 Å². The maximum atomic E-state index is 12.6. The zero-order valence-electron chi connectivity index (χ0n) is 13.7. The largest absolute Gasteiger partial charge is 0.492 e. The van der Waals surface area contributed by atoms with Crippen LogP contribution >= 0.6 is 23.1 Å². The molecule has 8 heteroatoms. The van der Waals surface area contributed by atoms with Crippen LogP contribution in [0.3, 0.4) is 0 Å². The van der Waals surface area contributed by atoms with Crippen molar-refractivity contribution in [1.29, 1.82) is 0 Å². The second-order valence-corrected chi connectivity index (χ2v) is 7.13. The Hall–Kier alpha value is -2.48. The van der Waals surface area contributed by atoms with E-state index in [4.69, 9.17) is 16.3 Å². The molecule has 0 radical (unpaired) electrons. The predicted molar refractivity (Wildman–Crippen MR) is 102 cm³/mol. The number of hydrogen-bond acceptors (Lipinski definition) is 6. The van der Waals surface area contributed by atoms with Gasteiger partial charge < -0.3 is 15.4 Å². The zero-order valence-corrected chi connectivity index (χ0v) is 15.2. The molecule has 1 aliphatic rings. The van der Waals surface area contributed by atoms with Gasteiger partial charge in [-0.15, -0.1) is 5.10 Å². The van der Waals surface area contributed by atoms with Crippen LogP contribution in [-0.2, 0) is 6.54 Å². The monoisotopic (exact) mass is 386 g/mol. The lowest BCUT2D eigenvalue weighted by Crippen LogP contribution is -2.16. The second kappa shape index (κ2) is 7.41. The summed E-state index contributed by atoms with van der Waals surface area (Å²) in [5.74, 6) is 0.546. The van der Waals surface area contributed by atoms with E-state index >= 15 is 0 Å². The first-order valence-electron chi connectivity index (χ1n) is 8.07. The molecule has 1 aromatic heterocycles. The Morgan fingerprint density at radius 2 is 2.19 bits per heavy atom. The number of aromatic nitrogens is 2. The summed E-state index contributed by atoms with van der Waals surface area (Å²) in [6.07, 6.45) is 0. The first-order valence-corrected chi connectivity index (χ1v) is 9.22. The maximum absolute atomic E-state index is 12.6. The molecule has 0 spiro atoms. The molecule has 3 aromatic rings. The van der Waals surface area contributed by atoms with Gasteiger partial charge in [-0.05, 0) is 24.3 Å². The molecular formula is C18H15ClN4O2S. The van der Waals surface area contributed by atoms with Crippen LogP contribution < -0.4 is 15.4 Å². The fourth-order valence-corrected chi connectivity index (χ4v) is 3.41. The fourth-order valence-electron chi connectivity index (χ4n) is 2.73. The van der Waals surface area contributed by atoms with Crippen molar-refractivity contribution in [3.8, 4) is 17.0 Å². The highest BCUT2D eigenvalue weighted by molar-refractivity contribution is 7.10. The SMILES string of the molecule is O=C(Nc1cccc(-c2nnsc2Cl)c1)c1ccc2c(c1)OCCNC2. The molecule has 2 N–H and O–H groups in total. The molecule has 2 aromatic carbocycles. The summed E-state index contributed by atoms with van der Waals surface area (Å²) in [5, 5.41) is 10.2. The van der Waals surface area contributed by atoms with E-state index in [1.165, 1.54) is 0 Å². The minimum Gasteiger partial charge on any atom is -0.492 e. The van der Waals surface area contributed by atoms with Gasteiger partial charge in [0.1, 0.15) is 22.4 Å². The number of hydrogen-bond donors (Lipinski definition) is 2. The molecule has 26 heavy (non-hydrogen) atoms. The molecule has 132 valence electrons. The van der Waals surface area contributed by atoms with E-state index in [-0.39, 0.29) is 5.91 Å². The van der Waals surface area contributed by atoms with Crippen LogP contribution in [0.4, 0.5) is 5.69 Å². The van der Waals surface area contributed by atoms with Gasteiger partial charge >= 0.3 is 0 Å².